The number of nitrogens with two attached hydrogens (primary N) is 2. The van der Waals surface area contributed by atoms with E-state index in [1.807, 2.05) is 6.92 Å². The largest absolute Gasteiger partial charge is 0.509 e. The number of hydrogen-bond acceptors (Lipinski definition) is 3. The Bertz CT molecular complexity index is 94.6. The summed E-state index contributed by atoms with van der Waals surface area (Å²) in [6.07, 6.45) is 1.44. The smallest absolute Gasteiger partial charge is 0.132 e. The first-order chi connectivity index (χ1) is 3.68. The van der Waals surface area contributed by atoms with E-state index in [0.717, 1.165) is 6.42 Å². The lowest BCUT2D eigenvalue weighted by molar-refractivity contribution is 0.377. The highest BCUT2D eigenvalue weighted by Crippen LogP contribution is 1.98. The van der Waals surface area contributed by atoms with Crippen molar-refractivity contribution in [2.75, 3.05) is 0 Å². The quantitative estimate of drug-likeness (QED) is 0.458. The van der Waals surface area contributed by atoms with Crippen LogP contribution in [0, 0.1) is 0 Å². The molecule has 0 aliphatic heterocycles. The van der Waals surface area contributed by atoms with Crippen LogP contribution in [0.3, 0.4) is 0 Å². The number of rotatable bonds is 2. The van der Waals surface area contributed by atoms with Crippen molar-refractivity contribution in [2.45, 2.75) is 19.8 Å². The predicted octanol–water partition coefficient (Wildman–Crippen LogP) is 0.431. The lowest BCUT2D eigenvalue weighted by Gasteiger charge is -1.96. The highest BCUT2D eigenvalue weighted by Gasteiger charge is 1.92. The maximum absolute atomic E-state index is 8.76. The van der Waals surface area contributed by atoms with Gasteiger partial charge in [-0.2, -0.15) is 0 Å². The molecule has 0 aromatic rings. The van der Waals surface area contributed by atoms with Gasteiger partial charge in [-0.05, 0) is 6.42 Å². The topological polar surface area (TPSA) is 72.3 Å². The second-order valence-electron chi connectivity index (χ2n) is 1.65. The third-order valence-corrected chi connectivity index (χ3v) is 0.820. The molecule has 0 amide bonds. The third kappa shape index (κ3) is 2.34. The van der Waals surface area contributed by atoms with Crippen molar-refractivity contribution in [3.8, 4) is 0 Å². The van der Waals surface area contributed by atoms with Crippen LogP contribution in [-0.4, -0.2) is 5.11 Å². The van der Waals surface area contributed by atoms with Crippen LogP contribution < -0.4 is 11.5 Å². The average Bonchev–Trinajstić information content (AvgIpc) is 1.67. The van der Waals surface area contributed by atoms with Gasteiger partial charge in [0.15, 0.2) is 0 Å². The molecule has 3 nitrogen and oxygen atoms in total. The minimum Gasteiger partial charge on any atom is -0.509 e. The molecule has 0 saturated carbocycles. The molecule has 0 heterocycles. The van der Waals surface area contributed by atoms with Gasteiger partial charge in [-0.1, -0.05) is 6.92 Å². The normalized spacial score (nSPS) is 8.62. The van der Waals surface area contributed by atoms with Crippen molar-refractivity contribution < 1.29 is 5.11 Å². The molecule has 0 fully saturated rings. The fraction of sp³-hybridized carbons (Fsp3) is 0.600. The summed E-state index contributed by atoms with van der Waals surface area (Å²) in [6.45, 7) is 1.94. The first kappa shape index (κ1) is 7.14. The molecule has 0 aliphatic rings. The molecule has 5 N–H and O–H groups in total. The molecule has 0 atom stereocenters. The van der Waals surface area contributed by atoms with Gasteiger partial charge in [0.25, 0.3) is 0 Å². The predicted molar refractivity (Wildman–Crippen MR) is 32.9 cm³/mol. The summed E-state index contributed by atoms with van der Waals surface area (Å²) in [4.78, 5) is 0. The van der Waals surface area contributed by atoms with E-state index in [2.05, 4.69) is 0 Å². The molecular formula is C5H12N2O. The van der Waals surface area contributed by atoms with Gasteiger partial charge in [0.2, 0.25) is 0 Å². The minimum atomic E-state index is 0.0341. The van der Waals surface area contributed by atoms with Gasteiger partial charge in [0.05, 0.1) is 0 Å². The van der Waals surface area contributed by atoms with Gasteiger partial charge in [0.1, 0.15) is 11.6 Å². The lowest BCUT2D eigenvalue weighted by Crippen LogP contribution is -2.11. The Balaban J connectivity index is 3.62. The number of allylic oxidation sites excluding steroid dienone is 1. The average molecular weight is 116 g/mol. The summed E-state index contributed by atoms with van der Waals surface area (Å²) in [5.41, 5.74) is 10.1. The third-order valence-electron chi connectivity index (χ3n) is 0.820. The summed E-state index contributed by atoms with van der Waals surface area (Å²) in [6, 6.07) is 0. The van der Waals surface area contributed by atoms with Gasteiger partial charge in [0, 0.05) is 6.42 Å². The molecule has 0 saturated heterocycles. The van der Waals surface area contributed by atoms with Crippen LogP contribution in [-0.2, 0) is 0 Å². The van der Waals surface area contributed by atoms with E-state index in [1.165, 1.54) is 0 Å². The Hall–Kier alpha value is -0.860. The molecule has 8 heavy (non-hydrogen) atoms. The van der Waals surface area contributed by atoms with E-state index >= 15 is 0 Å². The molecule has 0 aliphatic carbocycles. The van der Waals surface area contributed by atoms with Crippen molar-refractivity contribution in [3.05, 3.63) is 11.6 Å². The van der Waals surface area contributed by atoms with Crippen LogP contribution in [0.2, 0.25) is 0 Å². The Labute approximate surface area is 49.0 Å². The summed E-state index contributed by atoms with van der Waals surface area (Å²) < 4.78 is 0. The lowest BCUT2D eigenvalue weighted by atomic mass is 10.3. The van der Waals surface area contributed by atoms with E-state index in [0.29, 0.717) is 6.42 Å². The van der Waals surface area contributed by atoms with Gasteiger partial charge in [-0.3, -0.25) is 0 Å². The van der Waals surface area contributed by atoms with Crippen molar-refractivity contribution in [1.29, 1.82) is 0 Å². The second-order valence-corrected chi connectivity index (χ2v) is 1.65. The fourth-order valence-electron chi connectivity index (χ4n) is 0.381. The molecule has 3 heteroatoms. The van der Waals surface area contributed by atoms with E-state index < -0.39 is 0 Å². The minimum absolute atomic E-state index is 0.0341. The monoisotopic (exact) mass is 116 g/mol. The van der Waals surface area contributed by atoms with Crippen LogP contribution >= 0.6 is 0 Å². The molecule has 0 rings (SSSR count). The van der Waals surface area contributed by atoms with Crippen molar-refractivity contribution in [2.24, 2.45) is 11.5 Å². The zero-order valence-electron chi connectivity index (χ0n) is 5.02. The van der Waals surface area contributed by atoms with Crippen LogP contribution in [0.15, 0.2) is 11.6 Å². The van der Waals surface area contributed by atoms with E-state index in [-0.39, 0.29) is 11.6 Å². The summed E-state index contributed by atoms with van der Waals surface area (Å²) in [5, 5.41) is 8.76. The van der Waals surface area contributed by atoms with E-state index in [9.17, 15) is 0 Å². The zero-order chi connectivity index (χ0) is 6.57. The Morgan fingerprint density at radius 2 is 2.00 bits per heavy atom. The number of aliphatic hydroxyl groups is 1. The Morgan fingerprint density at radius 3 is 2.12 bits per heavy atom. The van der Waals surface area contributed by atoms with Gasteiger partial charge in [-0.15, -0.1) is 0 Å². The van der Waals surface area contributed by atoms with Crippen molar-refractivity contribution >= 4 is 0 Å². The van der Waals surface area contributed by atoms with E-state index in [1.54, 1.807) is 0 Å². The molecule has 0 radical (unpaired) electrons. The molecular weight excluding hydrogens is 104 g/mol. The van der Waals surface area contributed by atoms with Crippen LogP contribution in [0.25, 0.3) is 0 Å². The van der Waals surface area contributed by atoms with Crippen LogP contribution in [0.4, 0.5) is 0 Å². The van der Waals surface area contributed by atoms with Gasteiger partial charge in [-0.25, -0.2) is 0 Å². The number of hydrogen-bond donors (Lipinski definition) is 3. The maximum Gasteiger partial charge on any atom is 0.132 e. The molecule has 0 spiro atoms. The summed E-state index contributed by atoms with van der Waals surface area (Å²) >= 11 is 0. The van der Waals surface area contributed by atoms with Crippen LogP contribution in [0.1, 0.15) is 19.8 Å². The summed E-state index contributed by atoms with van der Waals surface area (Å²) in [7, 11) is 0. The van der Waals surface area contributed by atoms with Crippen LogP contribution in [0.5, 0.6) is 0 Å². The molecule has 0 aromatic carbocycles. The SMILES string of the molecule is CCCC(O)=C(N)N. The van der Waals surface area contributed by atoms with Crippen molar-refractivity contribution in [1.82, 2.24) is 0 Å². The first-order valence-electron chi connectivity index (χ1n) is 2.61. The molecule has 0 unspecified atom stereocenters. The maximum atomic E-state index is 8.76. The highest BCUT2D eigenvalue weighted by molar-refractivity contribution is 4.97. The van der Waals surface area contributed by atoms with E-state index in [4.69, 9.17) is 16.6 Å². The standard InChI is InChI=1S/C5H12N2O/c1-2-3-4(8)5(6)7/h8H,2-3,6-7H2,1H3. The van der Waals surface area contributed by atoms with Gasteiger partial charge < -0.3 is 16.6 Å². The van der Waals surface area contributed by atoms with Crippen molar-refractivity contribution in [3.63, 3.8) is 0 Å². The summed E-state index contributed by atoms with van der Waals surface area (Å²) in [5.74, 6) is 0.138. The fourth-order valence-corrected chi connectivity index (χ4v) is 0.381. The Kier molecular flexibility index (Phi) is 2.84. The molecule has 48 valence electrons. The second kappa shape index (κ2) is 3.18. The van der Waals surface area contributed by atoms with Gasteiger partial charge >= 0.3 is 0 Å². The first-order valence-corrected chi connectivity index (χ1v) is 2.61. The zero-order valence-corrected chi connectivity index (χ0v) is 5.02. The Morgan fingerprint density at radius 1 is 1.50 bits per heavy atom. The molecule has 0 bridgehead atoms. The molecule has 0 aromatic heterocycles. The number of aliphatic hydroxyl groups excluding tert-OH is 1. The highest BCUT2D eigenvalue weighted by atomic mass is 16.3.